The molecule has 3 rings (SSSR count). The zero-order valence-electron chi connectivity index (χ0n) is 11.6. The number of hydrogen-bond acceptors (Lipinski definition) is 3. The maximum Gasteiger partial charge on any atom is 0.124 e. The largest absolute Gasteiger partial charge is 0.382 e. The van der Waals surface area contributed by atoms with Crippen LogP contribution in [0.1, 0.15) is 51.3 Å². The van der Waals surface area contributed by atoms with E-state index >= 15 is 0 Å². The van der Waals surface area contributed by atoms with Crippen LogP contribution < -0.4 is 0 Å². The van der Waals surface area contributed by atoms with Gasteiger partial charge >= 0.3 is 0 Å². The van der Waals surface area contributed by atoms with Crippen molar-refractivity contribution >= 4 is 15.9 Å². The SMILES string of the molecule is CC(C)n1ncc(Br)c1C1(O)CCN2CCCCC21. The van der Waals surface area contributed by atoms with Crippen molar-refractivity contribution in [2.75, 3.05) is 13.1 Å². The minimum Gasteiger partial charge on any atom is -0.382 e. The van der Waals surface area contributed by atoms with Gasteiger partial charge in [0.1, 0.15) is 5.60 Å². The van der Waals surface area contributed by atoms with Crippen LogP contribution in [0.15, 0.2) is 10.7 Å². The van der Waals surface area contributed by atoms with Crippen molar-refractivity contribution in [2.45, 2.75) is 57.2 Å². The fourth-order valence-electron chi connectivity index (χ4n) is 3.69. The first-order valence-electron chi connectivity index (χ1n) is 7.24. The van der Waals surface area contributed by atoms with E-state index in [4.69, 9.17) is 0 Å². The second kappa shape index (κ2) is 4.86. The van der Waals surface area contributed by atoms with Crippen LogP contribution in [0.2, 0.25) is 0 Å². The molecule has 4 nitrogen and oxygen atoms in total. The van der Waals surface area contributed by atoms with Crippen molar-refractivity contribution in [1.29, 1.82) is 0 Å². The van der Waals surface area contributed by atoms with E-state index in [0.29, 0.717) is 0 Å². The molecule has 1 aromatic rings. The molecule has 0 aromatic carbocycles. The van der Waals surface area contributed by atoms with Gasteiger partial charge in [0, 0.05) is 18.6 Å². The Bertz CT molecular complexity index is 473. The first kappa shape index (κ1) is 13.6. The summed E-state index contributed by atoms with van der Waals surface area (Å²) in [6.07, 6.45) is 6.20. The van der Waals surface area contributed by atoms with Gasteiger partial charge in [0.15, 0.2) is 0 Å². The van der Waals surface area contributed by atoms with Gasteiger partial charge in [-0.15, -0.1) is 0 Å². The first-order chi connectivity index (χ1) is 9.04. The zero-order chi connectivity index (χ0) is 13.6. The Hall–Kier alpha value is -0.390. The predicted octanol–water partition coefficient (Wildman–Crippen LogP) is 2.67. The van der Waals surface area contributed by atoms with Crippen molar-refractivity contribution in [2.24, 2.45) is 0 Å². The van der Waals surface area contributed by atoms with E-state index in [0.717, 1.165) is 36.1 Å². The molecule has 0 radical (unpaired) electrons. The molecule has 1 aromatic heterocycles. The summed E-state index contributed by atoms with van der Waals surface area (Å²) in [6, 6.07) is 0.523. The molecule has 5 heteroatoms. The summed E-state index contributed by atoms with van der Waals surface area (Å²) < 4.78 is 2.92. The number of aromatic nitrogens is 2. The van der Waals surface area contributed by atoms with Gasteiger partial charge in [0.05, 0.1) is 16.4 Å². The Morgan fingerprint density at radius 3 is 2.95 bits per heavy atom. The molecular weight excluding hydrogens is 306 g/mol. The number of piperidine rings is 1. The van der Waals surface area contributed by atoms with Gasteiger partial charge in [0.2, 0.25) is 0 Å². The molecule has 0 spiro atoms. The Morgan fingerprint density at radius 1 is 1.42 bits per heavy atom. The second-order valence-electron chi connectivity index (χ2n) is 6.10. The molecule has 0 bridgehead atoms. The normalized spacial score (nSPS) is 31.9. The van der Waals surface area contributed by atoms with Crippen molar-refractivity contribution in [3.8, 4) is 0 Å². The van der Waals surface area contributed by atoms with Crippen molar-refractivity contribution in [1.82, 2.24) is 14.7 Å². The molecular formula is C14H22BrN3O. The van der Waals surface area contributed by atoms with Crippen molar-refractivity contribution in [3.05, 3.63) is 16.4 Å². The maximum absolute atomic E-state index is 11.3. The number of rotatable bonds is 2. The third kappa shape index (κ3) is 2.06. The number of nitrogens with zero attached hydrogens (tertiary/aromatic N) is 3. The summed E-state index contributed by atoms with van der Waals surface area (Å²) in [7, 11) is 0. The lowest BCUT2D eigenvalue weighted by Crippen LogP contribution is -2.46. The Kier molecular flexibility index (Phi) is 3.48. The highest BCUT2D eigenvalue weighted by Gasteiger charge is 2.50. The van der Waals surface area contributed by atoms with E-state index in [2.05, 4.69) is 39.8 Å². The minimum atomic E-state index is -0.750. The second-order valence-corrected chi connectivity index (χ2v) is 6.96. The Morgan fingerprint density at radius 2 is 2.21 bits per heavy atom. The molecule has 2 unspecified atom stereocenters. The Labute approximate surface area is 122 Å². The third-order valence-electron chi connectivity index (χ3n) is 4.60. The topological polar surface area (TPSA) is 41.3 Å². The van der Waals surface area contributed by atoms with Gasteiger partial charge in [-0.2, -0.15) is 5.10 Å². The van der Waals surface area contributed by atoms with Gasteiger partial charge in [-0.05, 0) is 55.6 Å². The van der Waals surface area contributed by atoms with E-state index in [1.54, 1.807) is 0 Å². The smallest absolute Gasteiger partial charge is 0.124 e. The molecule has 0 amide bonds. The summed E-state index contributed by atoms with van der Waals surface area (Å²) in [5.41, 5.74) is 0.219. The molecule has 0 saturated carbocycles. The lowest BCUT2D eigenvalue weighted by Gasteiger charge is -2.38. The highest BCUT2D eigenvalue weighted by molar-refractivity contribution is 9.10. The van der Waals surface area contributed by atoms with Crippen LogP contribution in [0.4, 0.5) is 0 Å². The molecule has 19 heavy (non-hydrogen) atoms. The zero-order valence-corrected chi connectivity index (χ0v) is 13.2. The summed E-state index contributed by atoms with van der Waals surface area (Å²) in [6.45, 7) is 6.34. The minimum absolute atomic E-state index is 0.256. The maximum atomic E-state index is 11.3. The van der Waals surface area contributed by atoms with E-state index in [9.17, 15) is 5.11 Å². The van der Waals surface area contributed by atoms with Crippen LogP contribution >= 0.6 is 15.9 Å². The number of aliphatic hydroxyl groups is 1. The van der Waals surface area contributed by atoms with Gasteiger partial charge < -0.3 is 5.11 Å². The molecule has 2 saturated heterocycles. The van der Waals surface area contributed by atoms with Crippen LogP contribution in [0.3, 0.4) is 0 Å². The number of halogens is 1. The molecule has 3 heterocycles. The van der Waals surface area contributed by atoms with E-state index < -0.39 is 5.60 Å². The van der Waals surface area contributed by atoms with Crippen LogP contribution in [0.25, 0.3) is 0 Å². The molecule has 106 valence electrons. The van der Waals surface area contributed by atoms with Crippen LogP contribution in [-0.2, 0) is 5.60 Å². The lowest BCUT2D eigenvalue weighted by molar-refractivity contribution is -0.0221. The average molecular weight is 328 g/mol. The molecule has 0 aliphatic carbocycles. The molecule has 2 atom stereocenters. The van der Waals surface area contributed by atoms with Crippen LogP contribution in [0, 0.1) is 0 Å². The van der Waals surface area contributed by atoms with Gasteiger partial charge in [-0.1, -0.05) is 6.42 Å². The fraction of sp³-hybridized carbons (Fsp3) is 0.786. The quantitative estimate of drug-likeness (QED) is 0.907. The molecule has 2 aliphatic rings. The van der Waals surface area contributed by atoms with Gasteiger partial charge in [-0.3, -0.25) is 9.58 Å². The molecule has 2 aliphatic heterocycles. The standard InChI is InChI=1S/C14H22BrN3O/c1-10(2)18-13(11(15)9-16-18)14(19)6-8-17-7-4-3-5-12(14)17/h9-10,12,19H,3-8H2,1-2H3. The van der Waals surface area contributed by atoms with E-state index in [1.807, 2.05) is 10.9 Å². The molecule has 1 N–H and O–H groups in total. The third-order valence-corrected chi connectivity index (χ3v) is 5.18. The van der Waals surface area contributed by atoms with Gasteiger partial charge in [-0.25, -0.2) is 0 Å². The summed E-state index contributed by atoms with van der Waals surface area (Å²) in [5, 5.41) is 15.8. The van der Waals surface area contributed by atoms with Crippen molar-refractivity contribution in [3.63, 3.8) is 0 Å². The molecule has 2 fully saturated rings. The first-order valence-corrected chi connectivity index (χ1v) is 8.03. The summed E-state index contributed by atoms with van der Waals surface area (Å²) in [5.74, 6) is 0. The number of fused-ring (bicyclic) bond motifs is 1. The van der Waals surface area contributed by atoms with Crippen molar-refractivity contribution < 1.29 is 5.11 Å². The fourth-order valence-corrected chi connectivity index (χ4v) is 4.31. The average Bonchev–Trinajstić information content (AvgIpc) is 2.93. The van der Waals surface area contributed by atoms with Gasteiger partial charge in [0.25, 0.3) is 0 Å². The van der Waals surface area contributed by atoms with Crippen LogP contribution in [-0.4, -0.2) is 38.9 Å². The predicted molar refractivity (Wildman–Crippen MR) is 78.0 cm³/mol. The number of hydrogen-bond donors (Lipinski definition) is 1. The summed E-state index contributed by atoms with van der Waals surface area (Å²) >= 11 is 3.59. The highest BCUT2D eigenvalue weighted by atomic mass is 79.9. The van der Waals surface area contributed by atoms with E-state index in [1.165, 1.54) is 12.8 Å². The Balaban J connectivity index is 2.03. The highest BCUT2D eigenvalue weighted by Crippen LogP contribution is 2.44. The summed E-state index contributed by atoms with van der Waals surface area (Å²) in [4.78, 5) is 2.45. The lowest BCUT2D eigenvalue weighted by atomic mass is 9.86. The van der Waals surface area contributed by atoms with Crippen LogP contribution in [0.5, 0.6) is 0 Å². The van der Waals surface area contributed by atoms with E-state index in [-0.39, 0.29) is 12.1 Å². The monoisotopic (exact) mass is 327 g/mol.